The second kappa shape index (κ2) is 9.86. The molecule has 160 valence electrons. The van der Waals surface area contributed by atoms with Gasteiger partial charge in [0.05, 0.1) is 18.5 Å². The number of carbonyl (C=O) groups excluding carboxylic acids is 1. The maximum Gasteiger partial charge on any atom is 0.251 e. The monoisotopic (exact) mass is 466 g/mol. The number of rotatable bonds is 7. The average Bonchev–Trinajstić information content (AvgIpc) is 2.72. The molecule has 0 unspecified atom stereocenters. The summed E-state index contributed by atoms with van der Waals surface area (Å²) in [5.74, 6) is -0.187. The summed E-state index contributed by atoms with van der Waals surface area (Å²) in [5.41, 5.74) is 2.68. The number of anilines is 1. The van der Waals surface area contributed by atoms with E-state index in [9.17, 15) is 13.2 Å². The third-order valence-electron chi connectivity index (χ3n) is 5.04. The second-order valence-corrected chi connectivity index (χ2v) is 10.0. The van der Waals surface area contributed by atoms with Gasteiger partial charge in [0.15, 0.2) is 0 Å². The molecule has 0 heterocycles. The van der Waals surface area contributed by atoms with Gasteiger partial charge in [-0.15, -0.1) is 0 Å². The summed E-state index contributed by atoms with van der Waals surface area (Å²) in [5, 5.41) is 3.71. The molecule has 0 aromatic heterocycles. The van der Waals surface area contributed by atoms with Crippen molar-refractivity contribution in [3.63, 3.8) is 0 Å². The Balaban J connectivity index is 1.76. The van der Waals surface area contributed by atoms with Crippen LogP contribution in [-0.2, 0) is 16.6 Å². The molecular weight excluding hydrogens is 443 g/mol. The molecule has 8 heteroatoms. The second-order valence-electron chi connectivity index (χ2n) is 7.31. The third-order valence-corrected chi connectivity index (χ3v) is 6.89. The Morgan fingerprint density at radius 2 is 1.73 bits per heavy atom. The smallest absolute Gasteiger partial charge is 0.251 e. The Hall–Kier alpha value is -2.02. The van der Waals surface area contributed by atoms with Crippen LogP contribution in [0.1, 0.15) is 41.6 Å². The number of benzene rings is 2. The third kappa shape index (κ3) is 5.78. The molecular formula is C22H24Cl2N2O3S. The van der Waals surface area contributed by atoms with Gasteiger partial charge in [-0.1, -0.05) is 40.9 Å². The molecule has 3 rings (SSSR count). The lowest BCUT2D eigenvalue weighted by Crippen LogP contribution is -2.30. The molecule has 1 amide bonds. The van der Waals surface area contributed by atoms with Crippen molar-refractivity contribution in [2.45, 2.75) is 32.2 Å². The quantitative estimate of drug-likeness (QED) is 0.570. The molecule has 0 saturated heterocycles. The largest absolute Gasteiger partial charge is 0.348 e. The molecule has 1 aliphatic carbocycles. The van der Waals surface area contributed by atoms with E-state index in [0.29, 0.717) is 33.4 Å². The maximum absolute atomic E-state index is 12.4. The Kier molecular flexibility index (Phi) is 7.45. The summed E-state index contributed by atoms with van der Waals surface area (Å²) in [6.07, 6.45) is 7.76. The molecule has 0 atom stereocenters. The SMILES string of the molecule is CS(=O)(=O)N(Cc1c(Cl)cccc1Cl)c1ccc(C(=O)NCC2=CCCCC2)cc1. The van der Waals surface area contributed by atoms with Crippen molar-refractivity contribution < 1.29 is 13.2 Å². The van der Waals surface area contributed by atoms with Crippen LogP contribution in [0, 0.1) is 0 Å². The highest BCUT2D eigenvalue weighted by atomic mass is 35.5. The lowest BCUT2D eigenvalue weighted by atomic mass is 9.99. The first kappa shape index (κ1) is 22.7. The Bertz CT molecular complexity index is 1030. The maximum atomic E-state index is 12.4. The van der Waals surface area contributed by atoms with E-state index < -0.39 is 10.0 Å². The van der Waals surface area contributed by atoms with E-state index in [1.807, 2.05) is 0 Å². The van der Waals surface area contributed by atoms with E-state index >= 15 is 0 Å². The molecule has 0 fully saturated rings. The van der Waals surface area contributed by atoms with Crippen LogP contribution in [0.4, 0.5) is 5.69 Å². The molecule has 0 radical (unpaired) electrons. The van der Waals surface area contributed by atoms with Gasteiger partial charge in [0.25, 0.3) is 5.91 Å². The Morgan fingerprint density at radius 1 is 1.07 bits per heavy atom. The lowest BCUT2D eigenvalue weighted by molar-refractivity contribution is 0.0956. The van der Waals surface area contributed by atoms with Crippen LogP contribution >= 0.6 is 23.2 Å². The van der Waals surface area contributed by atoms with Crippen LogP contribution < -0.4 is 9.62 Å². The van der Waals surface area contributed by atoms with Gasteiger partial charge in [0, 0.05) is 27.7 Å². The van der Waals surface area contributed by atoms with E-state index in [-0.39, 0.29) is 12.5 Å². The number of carbonyl (C=O) groups is 1. The molecule has 1 N–H and O–H groups in total. The van der Waals surface area contributed by atoms with E-state index in [1.165, 1.54) is 16.3 Å². The number of hydrogen-bond donors (Lipinski definition) is 1. The van der Waals surface area contributed by atoms with E-state index in [0.717, 1.165) is 25.5 Å². The van der Waals surface area contributed by atoms with Crippen LogP contribution in [0.3, 0.4) is 0 Å². The van der Waals surface area contributed by atoms with Gasteiger partial charge >= 0.3 is 0 Å². The van der Waals surface area contributed by atoms with Crippen LogP contribution in [0.25, 0.3) is 0 Å². The molecule has 0 bridgehead atoms. The van der Waals surface area contributed by atoms with Crippen molar-refractivity contribution in [1.29, 1.82) is 0 Å². The van der Waals surface area contributed by atoms with E-state index in [4.69, 9.17) is 23.2 Å². The fourth-order valence-electron chi connectivity index (χ4n) is 3.37. The van der Waals surface area contributed by atoms with Crippen molar-refractivity contribution in [3.05, 3.63) is 75.3 Å². The minimum atomic E-state index is -3.60. The first-order valence-corrected chi connectivity index (χ1v) is 12.3. The van der Waals surface area contributed by atoms with E-state index in [1.54, 1.807) is 42.5 Å². The predicted molar refractivity (Wildman–Crippen MR) is 123 cm³/mol. The predicted octanol–water partition coefficient (Wildman–Crippen LogP) is 5.19. The minimum absolute atomic E-state index is 0.00294. The van der Waals surface area contributed by atoms with Crippen molar-refractivity contribution in [1.82, 2.24) is 5.32 Å². The number of allylic oxidation sites excluding steroid dienone is 1. The highest BCUT2D eigenvalue weighted by Crippen LogP contribution is 2.29. The number of nitrogens with zero attached hydrogens (tertiary/aromatic N) is 1. The standard InChI is InChI=1S/C22H24Cl2N2O3S/c1-30(28,29)26(15-19-20(23)8-5-9-21(19)24)18-12-10-17(11-13-18)22(27)25-14-16-6-3-2-4-7-16/h5-6,8-13H,2-4,7,14-15H2,1H3,(H,25,27). The van der Waals surface area contributed by atoms with Gasteiger partial charge in [-0.3, -0.25) is 9.10 Å². The Labute approximate surface area is 187 Å². The number of sulfonamides is 1. The fraction of sp³-hybridized carbons (Fsp3) is 0.318. The summed E-state index contributed by atoms with van der Waals surface area (Å²) in [6.45, 7) is 0.540. The molecule has 2 aromatic carbocycles. The van der Waals surface area contributed by atoms with Gasteiger partial charge in [-0.2, -0.15) is 0 Å². The zero-order chi connectivity index (χ0) is 21.7. The topological polar surface area (TPSA) is 66.5 Å². The fourth-order valence-corrected chi connectivity index (χ4v) is 4.75. The number of nitrogens with one attached hydrogen (secondary N) is 1. The first-order chi connectivity index (χ1) is 14.3. The van der Waals surface area contributed by atoms with Crippen LogP contribution in [-0.4, -0.2) is 27.1 Å². The summed E-state index contributed by atoms with van der Waals surface area (Å²) >= 11 is 12.4. The van der Waals surface area contributed by atoms with E-state index in [2.05, 4.69) is 11.4 Å². The number of halogens is 2. The van der Waals surface area contributed by atoms with Gasteiger partial charge < -0.3 is 5.32 Å². The first-order valence-electron chi connectivity index (χ1n) is 9.72. The summed E-state index contributed by atoms with van der Waals surface area (Å²) in [6, 6.07) is 11.5. The van der Waals surface area contributed by atoms with Crippen LogP contribution in [0.5, 0.6) is 0 Å². The van der Waals surface area contributed by atoms with Crippen LogP contribution in [0.15, 0.2) is 54.1 Å². The van der Waals surface area contributed by atoms with Crippen molar-refractivity contribution in [3.8, 4) is 0 Å². The van der Waals surface area contributed by atoms with Gasteiger partial charge in [-0.25, -0.2) is 8.42 Å². The average molecular weight is 467 g/mol. The molecule has 0 saturated carbocycles. The molecule has 30 heavy (non-hydrogen) atoms. The van der Waals surface area contributed by atoms with Crippen molar-refractivity contribution in [2.24, 2.45) is 0 Å². The lowest BCUT2D eigenvalue weighted by Gasteiger charge is -2.24. The molecule has 5 nitrogen and oxygen atoms in total. The van der Waals surface area contributed by atoms with Gasteiger partial charge in [0.1, 0.15) is 0 Å². The van der Waals surface area contributed by atoms with Crippen LogP contribution in [0.2, 0.25) is 10.0 Å². The highest BCUT2D eigenvalue weighted by molar-refractivity contribution is 7.92. The molecule has 2 aromatic rings. The Morgan fingerprint density at radius 3 is 2.30 bits per heavy atom. The normalized spacial score (nSPS) is 14.2. The molecule has 0 aliphatic heterocycles. The number of amides is 1. The zero-order valence-electron chi connectivity index (χ0n) is 16.7. The summed E-state index contributed by atoms with van der Waals surface area (Å²) in [7, 11) is -3.60. The summed E-state index contributed by atoms with van der Waals surface area (Å²) in [4.78, 5) is 12.4. The summed E-state index contributed by atoms with van der Waals surface area (Å²) < 4.78 is 26.0. The minimum Gasteiger partial charge on any atom is -0.348 e. The van der Waals surface area contributed by atoms with Gasteiger partial charge in [0.2, 0.25) is 10.0 Å². The van der Waals surface area contributed by atoms with Crippen molar-refractivity contribution in [2.75, 3.05) is 17.1 Å². The highest BCUT2D eigenvalue weighted by Gasteiger charge is 2.21. The van der Waals surface area contributed by atoms with Gasteiger partial charge in [-0.05, 0) is 62.1 Å². The molecule has 0 spiro atoms. The zero-order valence-corrected chi connectivity index (χ0v) is 19.0. The molecule has 1 aliphatic rings. The van der Waals surface area contributed by atoms with Crippen molar-refractivity contribution >= 4 is 44.8 Å². The number of hydrogen-bond acceptors (Lipinski definition) is 3.